The molecule has 136 valence electrons. The number of benzene rings is 2. The predicted octanol–water partition coefficient (Wildman–Crippen LogP) is 5.22. The van der Waals surface area contributed by atoms with Crippen LogP contribution >= 0.6 is 11.6 Å². The fourth-order valence-corrected chi connectivity index (χ4v) is 3.19. The minimum absolute atomic E-state index is 0.102. The van der Waals surface area contributed by atoms with Gasteiger partial charge in [-0.3, -0.25) is 0 Å². The van der Waals surface area contributed by atoms with Gasteiger partial charge in [-0.2, -0.15) is 13.2 Å². The molecule has 1 aliphatic heterocycles. The van der Waals surface area contributed by atoms with Crippen molar-refractivity contribution in [3.05, 3.63) is 75.8 Å². The van der Waals surface area contributed by atoms with Gasteiger partial charge in [0.2, 0.25) is 5.60 Å². The molecule has 3 rings (SSSR count). The number of carboxylic acid groups (broad SMARTS) is 1. The summed E-state index contributed by atoms with van der Waals surface area (Å²) in [7, 11) is 0. The number of hydrogen-bond donors (Lipinski definition) is 1. The van der Waals surface area contributed by atoms with Crippen molar-refractivity contribution in [2.75, 3.05) is 6.61 Å². The largest absolute Gasteiger partial charge is 0.478 e. The fraction of sp³-hybridized carbons (Fsp3) is 0.211. The van der Waals surface area contributed by atoms with E-state index in [0.717, 1.165) is 6.08 Å². The standard InChI is InChI=1S/C19H14ClF3O3/c1-11-7-12(5-6-16(11)17(24)25)13-9-18(26-10-13,19(21,22)23)14-3-2-4-15(20)8-14/h2-9H,10H2,1H3,(H,24,25). The first-order chi connectivity index (χ1) is 12.1. The van der Waals surface area contributed by atoms with Crippen molar-refractivity contribution in [2.24, 2.45) is 0 Å². The Hall–Kier alpha value is -2.31. The van der Waals surface area contributed by atoms with Crippen LogP contribution in [-0.2, 0) is 10.3 Å². The van der Waals surface area contributed by atoms with E-state index in [9.17, 15) is 18.0 Å². The third-order valence-electron chi connectivity index (χ3n) is 4.34. The second kappa shape index (κ2) is 6.45. The van der Waals surface area contributed by atoms with E-state index in [4.69, 9.17) is 21.4 Å². The van der Waals surface area contributed by atoms with Crippen molar-refractivity contribution >= 4 is 23.1 Å². The lowest BCUT2D eigenvalue weighted by atomic mass is 9.90. The molecule has 0 saturated carbocycles. The SMILES string of the molecule is Cc1cc(C2=CC(c3cccc(Cl)c3)(C(F)(F)F)OC2)ccc1C(=O)O. The molecule has 2 aromatic rings. The summed E-state index contributed by atoms with van der Waals surface area (Å²) in [5.41, 5.74) is -1.31. The van der Waals surface area contributed by atoms with E-state index in [1.807, 2.05) is 0 Å². The van der Waals surface area contributed by atoms with E-state index in [1.165, 1.54) is 36.4 Å². The summed E-state index contributed by atoms with van der Waals surface area (Å²) in [6.45, 7) is 1.34. The molecule has 1 unspecified atom stereocenters. The molecule has 0 radical (unpaired) electrons. The van der Waals surface area contributed by atoms with Crippen LogP contribution in [0.5, 0.6) is 0 Å². The predicted molar refractivity (Wildman–Crippen MR) is 91.3 cm³/mol. The lowest BCUT2D eigenvalue weighted by Gasteiger charge is -2.30. The number of rotatable bonds is 3. The van der Waals surface area contributed by atoms with E-state index in [1.54, 1.807) is 13.0 Å². The lowest BCUT2D eigenvalue weighted by Crippen LogP contribution is -2.41. The van der Waals surface area contributed by atoms with Gasteiger partial charge in [-0.1, -0.05) is 35.9 Å². The van der Waals surface area contributed by atoms with Gasteiger partial charge in [0.05, 0.1) is 12.2 Å². The molecule has 7 heteroatoms. The first-order valence-corrected chi connectivity index (χ1v) is 8.04. The first-order valence-electron chi connectivity index (χ1n) is 7.67. The molecule has 1 heterocycles. The molecule has 1 N–H and O–H groups in total. The number of aromatic carboxylic acids is 1. The maximum atomic E-state index is 13.9. The van der Waals surface area contributed by atoms with E-state index in [0.29, 0.717) is 16.7 Å². The van der Waals surface area contributed by atoms with E-state index in [2.05, 4.69) is 0 Å². The maximum Gasteiger partial charge on any atom is 0.425 e. The van der Waals surface area contributed by atoms with Crippen LogP contribution in [0.3, 0.4) is 0 Å². The molecule has 3 nitrogen and oxygen atoms in total. The molecule has 26 heavy (non-hydrogen) atoms. The van der Waals surface area contributed by atoms with Crippen LogP contribution in [0.25, 0.3) is 5.57 Å². The van der Waals surface area contributed by atoms with E-state index >= 15 is 0 Å². The lowest BCUT2D eigenvalue weighted by molar-refractivity contribution is -0.254. The molecule has 0 saturated heterocycles. The molecule has 1 atom stereocenters. The third-order valence-corrected chi connectivity index (χ3v) is 4.57. The number of carboxylic acids is 1. The van der Waals surface area contributed by atoms with Gasteiger partial charge < -0.3 is 9.84 Å². The van der Waals surface area contributed by atoms with Crippen LogP contribution in [0, 0.1) is 6.92 Å². The minimum atomic E-state index is -4.69. The molecular formula is C19H14ClF3O3. The molecule has 0 aliphatic carbocycles. The first kappa shape index (κ1) is 18.5. The molecule has 0 amide bonds. The quantitative estimate of drug-likeness (QED) is 0.791. The summed E-state index contributed by atoms with van der Waals surface area (Å²) in [6.07, 6.45) is -3.65. The Labute approximate surface area is 152 Å². The van der Waals surface area contributed by atoms with Crippen LogP contribution < -0.4 is 0 Å². The van der Waals surface area contributed by atoms with Gasteiger partial charge in [-0.05, 0) is 53.5 Å². The summed E-state index contributed by atoms with van der Waals surface area (Å²) in [4.78, 5) is 11.1. The minimum Gasteiger partial charge on any atom is -0.478 e. The van der Waals surface area contributed by atoms with Gasteiger partial charge in [0.25, 0.3) is 0 Å². The van der Waals surface area contributed by atoms with Gasteiger partial charge >= 0.3 is 12.1 Å². The number of alkyl halides is 3. The Bertz CT molecular complexity index is 905. The maximum absolute atomic E-state index is 13.9. The summed E-state index contributed by atoms with van der Waals surface area (Å²) in [6, 6.07) is 9.87. The molecule has 0 spiro atoms. The Morgan fingerprint density at radius 3 is 2.54 bits per heavy atom. The van der Waals surface area contributed by atoms with Crippen LogP contribution in [0.2, 0.25) is 5.02 Å². The Kier molecular flexibility index (Phi) is 4.58. The summed E-state index contributed by atoms with van der Waals surface area (Å²) >= 11 is 5.86. The molecular weight excluding hydrogens is 369 g/mol. The van der Waals surface area contributed by atoms with Crippen molar-refractivity contribution in [3.63, 3.8) is 0 Å². The molecule has 0 aromatic heterocycles. The van der Waals surface area contributed by atoms with Gasteiger partial charge in [0.15, 0.2) is 0 Å². The van der Waals surface area contributed by atoms with E-state index in [-0.39, 0.29) is 22.8 Å². The number of aryl methyl sites for hydroxylation is 1. The highest BCUT2D eigenvalue weighted by molar-refractivity contribution is 6.30. The molecule has 0 bridgehead atoms. The zero-order valence-corrected chi connectivity index (χ0v) is 14.4. The second-order valence-corrected chi connectivity index (χ2v) is 6.47. The van der Waals surface area contributed by atoms with Crippen LogP contribution in [-0.4, -0.2) is 23.9 Å². The van der Waals surface area contributed by atoms with Crippen molar-refractivity contribution in [1.82, 2.24) is 0 Å². The summed E-state index contributed by atoms with van der Waals surface area (Å²) in [5, 5.41) is 9.26. The molecule has 0 fully saturated rings. The Balaban J connectivity index is 2.10. The van der Waals surface area contributed by atoms with Gasteiger partial charge in [-0.25, -0.2) is 4.79 Å². The van der Waals surface area contributed by atoms with Crippen molar-refractivity contribution in [1.29, 1.82) is 0 Å². The average Bonchev–Trinajstić information content (AvgIpc) is 3.01. The van der Waals surface area contributed by atoms with Crippen LogP contribution in [0.15, 0.2) is 48.5 Å². The molecule has 2 aromatic carbocycles. The number of carbonyl (C=O) groups is 1. The number of ether oxygens (including phenoxy) is 1. The topological polar surface area (TPSA) is 46.5 Å². The van der Waals surface area contributed by atoms with Crippen LogP contribution in [0.1, 0.15) is 27.0 Å². The smallest absolute Gasteiger partial charge is 0.425 e. The van der Waals surface area contributed by atoms with Gasteiger partial charge in [0, 0.05) is 5.02 Å². The fourth-order valence-electron chi connectivity index (χ4n) is 3.00. The number of hydrogen-bond acceptors (Lipinski definition) is 2. The van der Waals surface area contributed by atoms with Gasteiger partial charge in [-0.15, -0.1) is 0 Å². The third kappa shape index (κ3) is 3.10. The van der Waals surface area contributed by atoms with Crippen molar-refractivity contribution in [3.8, 4) is 0 Å². The van der Waals surface area contributed by atoms with Crippen LogP contribution in [0.4, 0.5) is 13.2 Å². The zero-order valence-electron chi connectivity index (χ0n) is 13.6. The highest BCUT2D eigenvalue weighted by atomic mass is 35.5. The summed E-state index contributed by atoms with van der Waals surface area (Å²) < 4.78 is 46.9. The highest BCUT2D eigenvalue weighted by Gasteiger charge is 2.58. The highest BCUT2D eigenvalue weighted by Crippen LogP contribution is 2.49. The summed E-state index contributed by atoms with van der Waals surface area (Å²) in [5.74, 6) is -1.09. The molecule has 1 aliphatic rings. The van der Waals surface area contributed by atoms with Crippen molar-refractivity contribution in [2.45, 2.75) is 18.7 Å². The van der Waals surface area contributed by atoms with E-state index < -0.39 is 17.7 Å². The number of halogens is 4. The Morgan fingerprint density at radius 2 is 1.96 bits per heavy atom. The monoisotopic (exact) mass is 382 g/mol. The van der Waals surface area contributed by atoms with Gasteiger partial charge in [0.1, 0.15) is 0 Å². The zero-order chi connectivity index (χ0) is 19.1. The van der Waals surface area contributed by atoms with Crippen molar-refractivity contribution < 1.29 is 27.8 Å². The normalized spacial score (nSPS) is 20.1. The average molecular weight is 383 g/mol. The second-order valence-electron chi connectivity index (χ2n) is 6.04. The Morgan fingerprint density at radius 1 is 1.23 bits per heavy atom.